The highest BCUT2D eigenvalue weighted by Gasteiger charge is 2.27. The molecule has 0 fully saturated rings. The van der Waals surface area contributed by atoms with Gasteiger partial charge in [-0.15, -0.1) is 11.8 Å². The first kappa shape index (κ1) is 21.8. The minimum atomic E-state index is -0.358. The van der Waals surface area contributed by atoms with E-state index in [1.165, 1.54) is 12.1 Å². The van der Waals surface area contributed by atoms with Crippen molar-refractivity contribution in [3.63, 3.8) is 0 Å². The van der Waals surface area contributed by atoms with E-state index < -0.39 is 0 Å². The van der Waals surface area contributed by atoms with Crippen LogP contribution < -0.4 is 4.74 Å². The van der Waals surface area contributed by atoms with Crippen molar-refractivity contribution in [2.75, 3.05) is 0 Å². The Morgan fingerprint density at radius 3 is 2.70 bits per heavy atom. The molecule has 0 saturated heterocycles. The van der Waals surface area contributed by atoms with Gasteiger partial charge >= 0.3 is 0 Å². The second-order valence-electron chi connectivity index (χ2n) is 7.68. The fourth-order valence-electron chi connectivity index (χ4n) is 3.70. The monoisotopic (exact) mass is 479 g/mol. The van der Waals surface area contributed by atoms with Gasteiger partial charge in [-0.2, -0.15) is 4.98 Å². The topological polar surface area (TPSA) is 68.1 Å². The summed E-state index contributed by atoms with van der Waals surface area (Å²) in [4.78, 5) is 13.7. The number of nitrogens with zero attached hydrogens (tertiary/aromatic N) is 3. The van der Waals surface area contributed by atoms with Crippen LogP contribution in [-0.2, 0) is 18.8 Å². The van der Waals surface area contributed by atoms with Crippen LogP contribution in [0.4, 0.5) is 4.39 Å². The van der Waals surface area contributed by atoms with E-state index in [0.717, 1.165) is 21.7 Å². The van der Waals surface area contributed by atoms with Gasteiger partial charge in [0.1, 0.15) is 10.8 Å². The first-order valence-electron chi connectivity index (χ1n) is 10.3. The quantitative estimate of drug-likeness (QED) is 0.242. The number of pyridine rings is 1. The molecule has 5 rings (SSSR count). The Morgan fingerprint density at radius 2 is 1.94 bits per heavy atom. The lowest BCUT2D eigenvalue weighted by Gasteiger charge is -2.24. The number of halogens is 2. The van der Waals surface area contributed by atoms with Crippen LogP contribution in [0.3, 0.4) is 0 Å². The summed E-state index contributed by atoms with van der Waals surface area (Å²) in [7, 11) is 0. The van der Waals surface area contributed by atoms with E-state index in [1.54, 1.807) is 30.1 Å². The summed E-state index contributed by atoms with van der Waals surface area (Å²) in [5.74, 6) is 1.72. The summed E-state index contributed by atoms with van der Waals surface area (Å²) in [5, 5.41) is 11.2. The maximum absolute atomic E-state index is 13.9. The van der Waals surface area contributed by atoms with Crippen LogP contribution in [-0.4, -0.2) is 20.1 Å². The molecule has 0 amide bonds. The van der Waals surface area contributed by atoms with Crippen LogP contribution in [0.15, 0.2) is 59.8 Å². The average molecular weight is 480 g/mol. The lowest BCUT2D eigenvalue weighted by molar-refractivity contribution is 0.278. The van der Waals surface area contributed by atoms with Crippen LogP contribution >= 0.6 is 23.4 Å². The van der Waals surface area contributed by atoms with Crippen molar-refractivity contribution >= 4 is 23.4 Å². The molecule has 0 saturated carbocycles. The Morgan fingerprint density at radius 1 is 1.12 bits per heavy atom. The highest BCUT2D eigenvalue weighted by molar-refractivity contribution is 7.98. The summed E-state index contributed by atoms with van der Waals surface area (Å²) < 4.78 is 20.1. The number of ether oxygens (including phenoxy) is 1. The van der Waals surface area contributed by atoms with E-state index in [0.29, 0.717) is 51.5 Å². The number of fused-ring (bicyclic) bond motifs is 2. The van der Waals surface area contributed by atoms with Crippen LogP contribution in [0, 0.1) is 12.7 Å². The van der Waals surface area contributed by atoms with Crippen LogP contribution in [0.1, 0.15) is 27.9 Å². The fraction of sp³-hybridized carbons (Fsp3) is 0.160. The number of aryl methyl sites for hydroxylation is 1. The van der Waals surface area contributed by atoms with Gasteiger partial charge in [0.25, 0.3) is 0 Å². The Balaban J connectivity index is 1.59. The average Bonchev–Trinajstić information content (AvgIpc) is 2.83. The third-order valence-corrected chi connectivity index (χ3v) is 6.77. The van der Waals surface area contributed by atoms with Gasteiger partial charge in [0, 0.05) is 40.1 Å². The molecule has 8 heteroatoms. The van der Waals surface area contributed by atoms with Gasteiger partial charge in [-0.1, -0.05) is 35.9 Å². The molecule has 5 nitrogen and oxygen atoms in total. The molecule has 1 N–H and O–H groups in total. The molecule has 0 unspecified atom stereocenters. The molecule has 1 aliphatic heterocycles. The van der Waals surface area contributed by atoms with Crippen LogP contribution in [0.5, 0.6) is 11.6 Å². The van der Waals surface area contributed by atoms with E-state index in [4.69, 9.17) is 21.3 Å². The number of aromatic nitrogens is 3. The van der Waals surface area contributed by atoms with Crippen molar-refractivity contribution in [1.82, 2.24) is 15.0 Å². The van der Waals surface area contributed by atoms with Crippen molar-refractivity contribution in [1.29, 1.82) is 0 Å². The molecule has 1 aliphatic rings. The van der Waals surface area contributed by atoms with Crippen molar-refractivity contribution in [3.05, 3.63) is 93.5 Å². The van der Waals surface area contributed by atoms with Crippen LogP contribution in [0.2, 0.25) is 5.02 Å². The Bertz CT molecular complexity index is 1350. The van der Waals surface area contributed by atoms with Gasteiger partial charge in [0.05, 0.1) is 17.9 Å². The molecular formula is C25H19ClFN3O2S. The largest absolute Gasteiger partial charge is 0.436 e. The molecule has 4 aromatic rings. The van der Waals surface area contributed by atoms with Crippen LogP contribution in [0.25, 0.3) is 11.4 Å². The fourth-order valence-corrected chi connectivity index (χ4v) is 4.81. The maximum Gasteiger partial charge on any atom is 0.227 e. The number of aliphatic hydroxyl groups is 1. The van der Waals surface area contributed by atoms with Gasteiger partial charge in [0.15, 0.2) is 11.6 Å². The minimum Gasteiger partial charge on any atom is -0.436 e. The number of rotatable bonds is 5. The first-order chi connectivity index (χ1) is 16.0. The molecule has 2 aromatic carbocycles. The minimum absolute atomic E-state index is 0.135. The molecule has 33 heavy (non-hydrogen) atoms. The third kappa shape index (κ3) is 4.44. The second kappa shape index (κ2) is 9.09. The first-order valence-corrected chi connectivity index (χ1v) is 11.7. The van der Waals surface area contributed by atoms with Crippen molar-refractivity contribution < 1.29 is 14.2 Å². The number of hydrogen-bond donors (Lipinski definition) is 1. The van der Waals surface area contributed by atoms with Gasteiger partial charge < -0.3 is 9.84 Å². The summed E-state index contributed by atoms with van der Waals surface area (Å²) in [6.45, 7) is 1.72. The van der Waals surface area contributed by atoms with Gasteiger partial charge in [-0.25, -0.2) is 9.37 Å². The van der Waals surface area contributed by atoms with Gasteiger partial charge in [-0.05, 0) is 36.8 Å². The Labute approximate surface area is 199 Å². The molecule has 166 valence electrons. The zero-order valence-electron chi connectivity index (χ0n) is 17.7. The van der Waals surface area contributed by atoms with E-state index in [-0.39, 0.29) is 12.4 Å². The molecule has 3 heterocycles. The molecular weight excluding hydrogens is 461 g/mol. The van der Waals surface area contributed by atoms with Crippen molar-refractivity contribution in [2.45, 2.75) is 30.7 Å². The zero-order valence-corrected chi connectivity index (χ0v) is 19.3. The SMILES string of the molecule is Cc1ncc(CO)c2c1Oc1nc(-c3cccc(F)c3)nc(SCc3ccc(Cl)cc3)c1C2. The standard InChI is InChI=1S/C25H19ClFN3O2S/c1-14-22-20(17(12-31)11-28-14)10-21-24(32-22)29-23(16-3-2-4-19(27)9-16)30-25(21)33-13-15-5-7-18(26)8-6-15/h2-9,11,31H,10,12-13H2,1H3. The molecule has 0 spiro atoms. The lowest BCUT2D eigenvalue weighted by Crippen LogP contribution is -2.13. The predicted octanol–water partition coefficient (Wildman–Crippen LogP) is 6.12. The number of benzene rings is 2. The van der Waals surface area contributed by atoms with Gasteiger partial charge in [0.2, 0.25) is 5.88 Å². The van der Waals surface area contributed by atoms with E-state index in [1.807, 2.05) is 31.2 Å². The summed E-state index contributed by atoms with van der Waals surface area (Å²) in [5.41, 5.74) is 4.81. The summed E-state index contributed by atoms with van der Waals surface area (Å²) in [6, 6.07) is 13.8. The normalized spacial score (nSPS) is 12.1. The molecule has 0 atom stereocenters. The predicted molar refractivity (Wildman–Crippen MR) is 126 cm³/mol. The van der Waals surface area contributed by atoms with E-state index in [2.05, 4.69) is 9.97 Å². The lowest BCUT2D eigenvalue weighted by atomic mass is 9.99. The van der Waals surface area contributed by atoms with Crippen molar-refractivity contribution in [3.8, 4) is 23.0 Å². The molecule has 0 bridgehead atoms. The smallest absolute Gasteiger partial charge is 0.227 e. The maximum atomic E-state index is 13.9. The highest BCUT2D eigenvalue weighted by Crippen LogP contribution is 2.43. The molecule has 0 radical (unpaired) electrons. The van der Waals surface area contributed by atoms with E-state index in [9.17, 15) is 9.50 Å². The Kier molecular flexibility index (Phi) is 6.01. The molecule has 2 aromatic heterocycles. The zero-order chi connectivity index (χ0) is 22.9. The Hall–Kier alpha value is -3.00. The van der Waals surface area contributed by atoms with Gasteiger partial charge in [-0.3, -0.25) is 4.98 Å². The second-order valence-corrected chi connectivity index (χ2v) is 9.08. The highest BCUT2D eigenvalue weighted by atomic mass is 35.5. The van der Waals surface area contributed by atoms with E-state index >= 15 is 0 Å². The molecule has 0 aliphatic carbocycles. The third-order valence-electron chi connectivity index (χ3n) is 5.43. The number of hydrogen-bond acceptors (Lipinski definition) is 6. The number of thioether (sulfide) groups is 1. The summed E-state index contributed by atoms with van der Waals surface area (Å²) in [6.07, 6.45) is 2.18. The van der Waals surface area contributed by atoms with Crippen molar-refractivity contribution in [2.24, 2.45) is 0 Å². The summed E-state index contributed by atoms with van der Waals surface area (Å²) >= 11 is 7.57. The number of aliphatic hydroxyl groups excluding tert-OH is 1.